The molecule has 1 aromatic heterocycles. The average molecular weight is 406 g/mol. The number of hydrogen-bond donors (Lipinski definition) is 1. The molecule has 0 aliphatic carbocycles. The smallest absolute Gasteiger partial charge is 0.274 e. The van der Waals surface area contributed by atoms with Gasteiger partial charge in [-0.05, 0) is 55.3 Å². The van der Waals surface area contributed by atoms with E-state index < -0.39 is 0 Å². The van der Waals surface area contributed by atoms with Gasteiger partial charge in [-0.3, -0.25) is 4.79 Å². The molecule has 1 aliphatic heterocycles. The monoisotopic (exact) mass is 405 g/mol. The summed E-state index contributed by atoms with van der Waals surface area (Å²) in [5.41, 5.74) is 9.41. The van der Waals surface area contributed by atoms with Gasteiger partial charge in [-0.1, -0.05) is 23.7 Å². The van der Waals surface area contributed by atoms with Gasteiger partial charge in [0.25, 0.3) is 5.91 Å². The van der Waals surface area contributed by atoms with Gasteiger partial charge < -0.3 is 10.6 Å². The minimum Gasteiger partial charge on any atom is -0.336 e. The number of benzene rings is 2. The molecule has 2 N–H and O–H groups in total. The third-order valence-corrected chi connectivity index (χ3v) is 5.31. The van der Waals surface area contributed by atoms with E-state index in [2.05, 4.69) is 11.2 Å². The lowest BCUT2D eigenvalue weighted by Gasteiger charge is -2.30. The fraction of sp³-hybridized carbons (Fsp3) is 0.227. The summed E-state index contributed by atoms with van der Waals surface area (Å²) in [5.74, 6) is -0.122. The number of nitrogens with zero attached hydrogens (tertiary/aromatic N) is 4. The second-order valence-electron chi connectivity index (χ2n) is 7.15. The number of aromatic nitrogens is 2. The number of carbonyl (C=O) groups excluding carboxylic acids is 1. The molecule has 29 heavy (non-hydrogen) atoms. The standard InChI is InChI=1S/C22H20ClN5O/c23-17-7-9-19(10-8-17)28-21(16-5-3-15(13-24)4-6-16)12-20(26-28)22(29)27-11-1-2-18(25)14-27/h3-10,12,18H,1-2,11,14,25H2. The van der Waals surface area contributed by atoms with Gasteiger partial charge >= 0.3 is 0 Å². The summed E-state index contributed by atoms with van der Waals surface area (Å²) in [6.07, 6.45) is 1.83. The molecule has 1 unspecified atom stereocenters. The Hall–Kier alpha value is -3.14. The first kappa shape index (κ1) is 19.2. The summed E-state index contributed by atoms with van der Waals surface area (Å²) in [7, 11) is 0. The molecule has 1 amide bonds. The van der Waals surface area contributed by atoms with Gasteiger partial charge in [-0.15, -0.1) is 0 Å². The molecule has 1 aliphatic rings. The zero-order chi connectivity index (χ0) is 20.4. The van der Waals surface area contributed by atoms with Crippen LogP contribution in [0.5, 0.6) is 0 Å². The van der Waals surface area contributed by atoms with Crippen molar-refractivity contribution in [3.8, 4) is 23.0 Å². The van der Waals surface area contributed by atoms with Crippen LogP contribution < -0.4 is 5.73 Å². The quantitative estimate of drug-likeness (QED) is 0.720. The Morgan fingerprint density at radius 2 is 1.90 bits per heavy atom. The highest BCUT2D eigenvalue weighted by Gasteiger charge is 2.25. The first-order valence-corrected chi connectivity index (χ1v) is 9.84. The number of nitrogens with two attached hydrogens (primary N) is 1. The van der Waals surface area contributed by atoms with Crippen LogP contribution in [-0.4, -0.2) is 39.7 Å². The molecular formula is C22H20ClN5O. The van der Waals surface area contributed by atoms with Crippen LogP contribution in [0.2, 0.25) is 5.02 Å². The average Bonchev–Trinajstić information content (AvgIpc) is 3.19. The van der Waals surface area contributed by atoms with Crippen molar-refractivity contribution in [3.63, 3.8) is 0 Å². The van der Waals surface area contributed by atoms with Crippen molar-refractivity contribution in [2.24, 2.45) is 5.73 Å². The molecule has 2 aromatic carbocycles. The van der Waals surface area contributed by atoms with Crippen molar-refractivity contribution in [1.29, 1.82) is 5.26 Å². The molecule has 146 valence electrons. The van der Waals surface area contributed by atoms with E-state index in [9.17, 15) is 4.79 Å². The molecular weight excluding hydrogens is 386 g/mol. The fourth-order valence-corrected chi connectivity index (χ4v) is 3.67. The highest BCUT2D eigenvalue weighted by Crippen LogP contribution is 2.26. The number of nitriles is 1. The van der Waals surface area contributed by atoms with E-state index in [0.717, 1.165) is 29.8 Å². The van der Waals surface area contributed by atoms with Crippen LogP contribution in [0.15, 0.2) is 54.6 Å². The molecule has 0 radical (unpaired) electrons. The molecule has 1 atom stereocenters. The summed E-state index contributed by atoms with van der Waals surface area (Å²) >= 11 is 6.03. The van der Waals surface area contributed by atoms with Gasteiger partial charge in [-0.25, -0.2) is 4.68 Å². The summed E-state index contributed by atoms with van der Waals surface area (Å²) in [6, 6.07) is 18.4. The van der Waals surface area contributed by atoms with E-state index in [0.29, 0.717) is 29.4 Å². The summed E-state index contributed by atoms with van der Waals surface area (Å²) < 4.78 is 1.73. The third-order valence-electron chi connectivity index (χ3n) is 5.05. The van der Waals surface area contributed by atoms with Gasteiger partial charge in [0.2, 0.25) is 0 Å². The number of hydrogen-bond acceptors (Lipinski definition) is 4. The summed E-state index contributed by atoms with van der Waals surface area (Å²) in [5, 5.41) is 14.3. The SMILES string of the molecule is N#Cc1ccc(-c2cc(C(=O)N3CCCC(N)C3)nn2-c2ccc(Cl)cc2)cc1. The van der Waals surface area contributed by atoms with Crippen LogP contribution in [0.1, 0.15) is 28.9 Å². The van der Waals surface area contributed by atoms with E-state index in [4.69, 9.17) is 22.6 Å². The lowest BCUT2D eigenvalue weighted by atomic mass is 10.1. The molecule has 1 fully saturated rings. The van der Waals surface area contributed by atoms with Crippen LogP contribution in [-0.2, 0) is 0 Å². The highest BCUT2D eigenvalue weighted by molar-refractivity contribution is 6.30. The van der Waals surface area contributed by atoms with E-state index >= 15 is 0 Å². The van der Waals surface area contributed by atoms with Gasteiger partial charge in [0.15, 0.2) is 5.69 Å². The van der Waals surface area contributed by atoms with Crippen molar-refractivity contribution in [2.45, 2.75) is 18.9 Å². The van der Waals surface area contributed by atoms with Gasteiger partial charge in [0.05, 0.1) is 23.0 Å². The first-order valence-electron chi connectivity index (χ1n) is 9.46. The predicted octanol–water partition coefficient (Wildman–Crippen LogP) is 3.63. The Morgan fingerprint density at radius 1 is 1.17 bits per heavy atom. The Labute approximate surface area is 174 Å². The minimum absolute atomic E-state index is 0.00375. The number of amides is 1. The summed E-state index contributed by atoms with van der Waals surface area (Å²) in [6.45, 7) is 1.23. The van der Waals surface area contributed by atoms with Crippen molar-refractivity contribution in [3.05, 3.63) is 70.9 Å². The number of carbonyl (C=O) groups is 1. The number of halogens is 1. The van der Waals surface area contributed by atoms with Crippen LogP contribution in [0.3, 0.4) is 0 Å². The maximum Gasteiger partial charge on any atom is 0.274 e. The maximum absolute atomic E-state index is 13.1. The van der Waals surface area contributed by atoms with Crippen LogP contribution in [0.4, 0.5) is 0 Å². The van der Waals surface area contributed by atoms with Crippen molar-refractivity contribution < 1.29 is 4.79 Å². The first-order chi connectivity index (χ1) is 14.0. The predicted molar refractivity (Wildman–Crippen MR) is 112 cm³/mol. The van der Waals surface area contributed by atoms with Crippen LogP contribution >= 0.6 is 11.6 Å². The zero-order valence-electron chi connectivity index (χ0n) is 15.8. The van der Waals surface area contributed by atoms with E-state index in [1.807, 2.05) is 24.3 Å². The second-order valence-corrected chi connectivity index (χ2v) is 7.58. The Morgan fingerprint density at radius 3 is 2.55 bits per heavy atom. The topological polar surface area (TPSA) is 87.9 Å². The van der Waals surface area contributed by atoms with Gasteiger partial charge in [-0.2, -0.15) is 10.4 Å². The van der Waals surface area contributed by atoms with E-state index in [1.165, 1.54) is 0 Å². The van der Waals surface area contributed by atoms with E-state index in [1.54, 1.807) is 39.9 Å². The van der Waals surface area contributed by atoms with Gasteiger partial charge in [0, 0.05) is 29.7 Å². The Kier molecular flexibility index (Phi) is 5.34. The molecule has 0 bridgehead atoms. The fourth-order valence-electron chi connectivity index (χ4n) is 3.54. The largest absolute Gasteiger partial charge is 0.336 e. The van der Waals surface area contributed by atoms with Crippen molar-refractivity contribution in [2.75, 3.05) is 13.1 Å². The third kappa shape index (κ3) is 4.02. The lowest BCUT2D eigenvalue weighted by Crippen LogP contribution is -2.45. The minimum atomic E-state index is -0.122. The molecule has 0 saturated carbocycles. The highest BCUT2D eigenvalue weighted by atomic mass is 35.5. The molecule has 6 nitrogen and oxygen atoms in total. The van der Waals surface area contributed by atoms with Crippen molar-refractivity contribution >= 4 is 17.5 Å². The van der Waals surface area contributed by atoms with Crippen LogP contribution in [0.25, 0.3) is 16.9 Å². The van der Waals surface area contributed by atoms with Crippen LogP contribution in [0, 0.1) is 11.3 Å². The molecule has 2 heterocycles. The number of rotatable bonds is 3. The summed E-state index contributed by atoms with van der Waals surface area (Å²) in [4.78, 5) is 14.8. The molecule has 4 rings (SSSR count). The van der Waals surface area contributed by atoms with E-state index in [-0.39, 0.29) is 11.9 Å². The number of likely N-dealkylation sites (tertiary alicyclic amines) is 1. The maximum atomic E-state index is 13.1. The second kappa shape index (κ2) is 8.08. The zero-order valence-corrected chi connectivity index (χ0v) is 16.5. The molecule has 7 heteroatoms. The number of piperidine rings is 1. The normalized spacial score (nSPS) is 16.4. The molecule has 0 spiro atoms. The van der Waals surface area contributed by atoms with Gasteiger partial charge in [0.1, 0.15) is 0 Å². The lowest BCUT2D eigenvalue weighted by molar-refractivity contribution is 0.0702. The Bertz CT molecular complexity index is 1070. The molecule has 1 saturated heterocycles. The molecule has 3 aromatic rings. The Balaban J connectivity index is 1.76. The van der Waals surface area contributed by atoms with Crippen molar-refractivity contribution in [1.82, 2.24) is 14.7 Å².